The number of halogens is 1. The number of rotatable bonds is 8. The third-order valence-electron chi connectivity index (χ3n) is 3.35. The minimum absolute atomic E-state index is 0.354. The van der Waals surface area contributed by atoms with E-state index >= 15 is 0 Å². The first-order valence-corrected chi connectivity index (χ1v) is 9.08. The molecular weight excluding hydrogens is 315 g/mol. The van der Waals surface area contributed by atoms with Crippen LogP contribution in [-0.2, 0) is 16.4 Å². The van der Waals surface area contributed by atoms with Gasteiger partial charge < -0.3 is 5.32 Å². The molecule has 2 aromatic carbocycles. The Morgan fingerprint density at radius 3 is 2.35 bits per heavy atom. The normalized spacial score (nSPS) is 11.4. The van der Waals surface area contributed by atoms with Crippen molar-refractivity contribution < 1.29 is 12.8 Å². The lowest BCUT2D eigenvalue weighted by Gasteiger charge is -2.10. The van der Waals surface area contributed by atoms with Crippen LogP contribution in [0.25, 0.3) is 0 Å². The zero-order valence-electron chi connectivity index (χ0n) is 13.0. The minimum atomic E-state index is -3.92. The maximum atomic E-state index is 13.6. The molecule has 0 unspecified atom stereocenters. The lowest BCUT2D eigenvalue weighted by Crippen LogP contribution is -2.17. The van der Waals surface area contributed by atoms with Gasteiger partial charge >= 0.3 is 0 Å². The third kappa shape index (κ3) is 5.04. The van der Waals surface area contributed by atoms with Gasteiger partial charge in [-0.15, -0.1) is 0 Å². The second-order valence-electron chi connectivity index (χ2n) is 5.23. The van der Waals surface area contributed by atoms with Gasteiger partial charge in [0.05, 0.1) is 0 Å². The van der Waals surface area contributed by atoms with Crippen LogP contribution in [-0.4, -0.2) is 21.5 Å². The summed E-state index contributed by atoms with van der Waals surface area (Å²) in [5.74, 6) is -0.765. The molecule has 0 aliphatic carbocycles. The van der Waals surface area contributed by atoms with E-state index in [0.717, 1.165) is 37.6 Å². The van der Waals surface area contributed by atoms with Crippen molar-refractivity contribution in [2.24, 2.45) is 0 Å². The van der Waals surface area contributed by atoms with E-state index in [9.17, 15) is 12.8 Å². The van der Waals surface area contributed by atoms with Crippen LogP contribution in [0.2, 0.25) is 0 Å². The van der Waals surface area contributed by atoms with E-state index in [1.165, 1.54) is 18.2 Å². The Hall–Kier alpha value is -1.92. The van der Waals surface area contributed by atoms with Gasteiger partial charge in [-0.3, -0.25) is 4.72 Å². The van der Waals surface area contributed by atoms with Crippen molar-refractivity contribution in [1.82, 2.24) is 5.32 Å². The maximum absolute atomic E-state index is 13.6. The molecule has 23 heavy (non-hydrogen) atoms. The molecule has 0 fully saturated rings. The first kappa shape index (κ1) is 17.4. The lowest BCUT2D eigenvalue weighted by molar-refractivity contribution is 0.570. The maximum Gasteiger partial charge on any atom is 0.264 e. The summed E-state index contributed by atoms with van der Waals surface area (Å²) in [5, 5.41) is 3.31. The Balaban J connectivity index is 2.02. The highest BCUT2D eigenvalue weighted by molar-refractivity contribution is 7.92. The number of hydrogen-bond donors (Lipinski definition) is 2. The highest BCUT2D eigenvalue weighted by Crippen LogP contribution is 2.19. The van der Waals surface area contributed by atoms with Gasteiger partial charge in [0.1, 0.15) is 10.7 Å². The SMILES string of the molecule is CCCNCCc1ccc(NS(=O)(=O)c2ccccc2F)cc1. The topological polar surface area (TPSA) is 58.2 Å². The highest BCUT2D eigenvalue weighted by Gasteiger charge is 2.18. The fourth-order valence-corrected chi connectivity index (χ4v) is 3.29. The molecule has 6 heteroatoms. The molecule has 0 aromatic heterocycles. The summed E-state index contributed by atoms with van der Waals surface area (Å²) in [6.45, 7) is 3.98. The van der Waals surface area contributed by atoms with Gasteiger partial charge in [0.2, 0.25) is 0 Å². The molecule has 2 rings (SSSR count). The molecule has 0 amide bonds. The van der Waals surface area contributed by atoms with E-state index < -0.39 is 15.8 Å². The summed E-state index contributed by atoms with van der Waals surface area (Å²) in [5.41, 5.74) is 1.53. The first-order valence-electron chi connectivity index (χ1n) is 7.60. The summed E-state index contributed by atoms with van der Waals surface area (Å²) >= 11 is 0. The molecule has 4 nitrogen and oxygen atoms in total. The summed E-state index contributed by atoms with van der Waals surface area (Å²) in [7, 11) is -3.92. The van der Waals surface area contributed by atoms with Crippen LogP contribution in [0.5, 0.6) is 0 Å². The number of nitrogens with one attached hydrogen (secondary N) is 2. The number of hydrogen-bond acceptors (Lipinski definition) is 3. The molecule has 2 N–H and O–H groups in total. The van der Waals surface area contributed by atoms with Crippen LogP contribution in [0.3, 0.4) is 0 Å². The smallest absolute Gasteiger partial charge is 0.264 e. The van der Waals surface area contributed by atoms with Crippen LogP contribution >= 0.6 is 0 Å². The second kappa shape index (κ2) is 8.08. The van der Waals surface area contributed by atoms with Crippen molar-refractivity contribution in [3.05, 3.63) is 59.9 Å². The van der Waals surface area contributed by atoms with Gasteiger partial charge in [-0.2, -0.15) is 0 Å². The van der Waals surface area contributed by atoms with Crippen molar-refractivity contribution in [3.63, 3.8) is 0 Å². The van der Waals surface area contributed by atoms with Crippen LogP contribution in [0, 0.1) is 5.82 Å². The largest absolute Gasteiger partial charge is 0.316 e. The quantitative estimate of drug-likeness (QED) is 0.728. The van der Waals surface area contributed by atoms with Gasteiger partial charge in [-0.25, -0.2) is 12.8 Å². The zero-order valence-corrected chi connectivity index (χ0v) is 13.9. The van der Waals surface area contributed by atoms with Crippen molar-refractivity contribution in [3.8, 4) is 0 Å². The summed E-state index contributed by atoms with van der Waals surface area (Å²) in [6.07, 6.45) is 1.97. The van der Waals surface area contributed by atoms with E-state index in [2.05, 4.69) is 17.0 Å². The molecule has 124 valence electrons. The van der Waals surface area contributed by atoms with E-state index in [1.54, 1.807) is 12.1 Å². The van der Waals surface area contributed by atoms with E-state index in [0.29, 0.717) is 5.69 Å². The first-order chi connectivity index (χ1) is 11.0. The van der Waals surface area contributed by atoms with Crippen molar-refractivity contribution in [2.75, 3.05) is 17.8 Å². The van der Waals surface area contributed by atoms with Crippen molar-refractivity contribution in [1.29, 1.82) is 0 Å². The summed E-state index contributed by atoms with van der Waals surface area (Å²) in [6, 6.07) is 12.4. The molecule has 0 aliphatic heterocycles. The Morgan fingerprint density at radius 2 is 1.70 bits per heavy atom. The molecule has 0 heterocycles. The third-order valence-corrected chi connectivity index (χ3v) is 4.76. The van der Waals surface area contributed by atoms with Gasteiger partial charge in [-0.05, 0) is 55.8 Å². The van der Waals surface area contributed by atoms with Crippen molar-refractivity contribution in [2.45, 2.75) is 24.7 Å². The van der Waals surface area contributed by atoms with Crippen molar-refractivity contribution >= 4 is 15.7 Å². The number of anilines is 1. The van der Waals surface area contributed by atoms with E-state index in [1.807, 2.05) is 12.1 Å². The molecule has 0 saturated heterocycles. The predicted octanol–water partition coefficient (Wildman–Crippen LogP) is 3.17. The molecule has 0 saturated carbocycles. The fourth-order valence-electron chi connectivity index (χ4n) is 2.15. The number of benzene rings is 2. The lowest BCUT2D eigenvalue weighted by atomic mass is 10.1. The average molecular weight is 336 g/mol. The van der Waals surface area contributed by atoms with Gasteiger partial charge in [-0.1, -0.05) is 31.2 Å². The molecule has 0 spiro atoms. The molecule has 0 aliphatic rings. The van der Waals surface area contributed by atoms with E-state index in [4.69, 9.17) is 0 Å². The minimum Gasteiger partial charge on any atom is -0.316 e. The van der Waals surface area contributed by atoms with E-state index in [-0.39, 0.29) is 4.90 Å². The second-order valence-corrected chi connectivity index (χ2v) is 6.88. The highest BCUT2D eigenvalue weighted by atomic mass is 32.2. The Bertz CT molecular complexity index is 731. The molecule has 0 atom stereocenters. The van der Waals surface area contributed by atoms with Crippen LogP contribution < -0.4 is 10.0 Å². The average Bonchev–Trinajstić information content (AvgIpc) is 2.53. The molecule has 2 aromatic rings. The molecule has 0 radical (unpaired) electrons. The fraction of sp³-hybridized carbons (Fsp3) is 0.294. The zero-order chi connectivity index (χ0) is 16.7. The Morgan fingerprint density at radius 1 is 1.00 bits per heavy atom. The van der Waals surface area contributed by atoms with Crippen LogP contribution in [0.15, 0.2) is 53.4 Å². The number of sulfonamides is 1. The molecular formula is C17H21FN2O2S. The summed E-state index contributed by atoms with van der Waals surface area (Å²) < 4.78 is 40.4. The summed E-state index contributed by atoms with van der Waals surface area (Å²) in [4.78, 5) is -0.354. The van der Waals surface area contributed by atoms with Crippen LogP contribution in [0.1, 0.15) is 18.9 Å². The Kier molecular flexibility index (Phi) is 6.12. The standard InChI is InChI=1S/C17H21FN2O2S/c1-2-12-19-13-11-14-7-9-15(10-8-14)20-23(21,22)17-6-4-3-5-16(17)18/h3-10,19-20H,2,11-13H2,1H3. The Labute approximate surface area is 136 Å². The van der Waals surface area contributed by atoms with Gasteiger partial charge in [0.25, 0.3) is 10.0 Å². The van der Waals surface area contributed by atoms with Gasteiger partial charge in [0, 0.05) is 5.69 Å². The van der Waals surface area contributed by atoms with Gasteiger partial charge in [0.15, 0.2) is 0 Å². The van der Waals surface area contributed by atoms with Crippen LogP contribution in [0.4, 0.5) is 10.1 Å². The monoisotopic (exact) mass is 336 g/mol. The predicted molar refractivity (Wildman–Crippen MR) is 90.5 cm³/mol. The molecule has 0 bridgehead atoms.